The Kier molecular flexibility index (Phi) is 5.06. The Labute approximate surface area is 148 Å². The van der Waals surface area contributed by atoms with Crippen molar-refractivity contribution in [1.82, 2.24) is 14.8 Å². The molecule has 1 N–H and O–H groups in total. The highest BCUT2D eigenvalue weighted by atomic mass is 35.5. The van der Waals surface area contributed by atoms with Crippen molar-refractivity contribution in [2.75, 3.05) is 12.4 Å². The molecule has 3 rings (SSSR count). The summed E-state index contributed by atoms with van der Waals surface area (Å²) in [7, 11) is 1.48. The minimum absolute atomic E-state index is 0.142. The van der Waals surface area contributed by atoms with E-state index in [1.54, 1.807) is 30.6 Å². The summed E-state index contributed by atoms with van der Waals surface area (Å²) in [5.74, 6) is -0.228. The molecule has 0 saturated carbocycles. The standard InChI is InChI=1S/C17H14ClFN4O2/c1-25-10-12-5-4-11(9-14(12)19)17(24)21-15-6-8-23(22-15)16-13(18)3-2-7-20-16/h2-9H,10H2,1H3,(H,21,22,24). The Morgan fingerprint density at radius 1 is 1.36 bits per heavy atom. The summed E-state index contributed by atoms with van der Waals surface area (Å²) in [5.41, 5.74) is 0.566. The van der Waals surface area contributed by atoms with E-state index in [0.29, 0.717) is 22.2 Å². The molecule has 1 amide bonds. The second kappa shape index (κ2) is 7.42. The number of nitrogens with zero attached hydrogens (tertiary/aromatic N) is 3. The number of methoxy groups -OCH3 is 1. The van der Waals surface area contributed by atoms with Crippen LogP contribution < -0.4 is 5.32 Å². The van der Waals surface area contributed by atoms with Gasteiger partial charge in [-0.25, -0.2) is 14.1 Å². The highest BCUT2D eigenvalue weighted by Gasteiger charge is 2.12. The van der Waals surface area contributed by atoms with Crippen molar-refractivity contribution >= 4 is 23.3 Å². The number of rotatable bonds is 5. The van der Waals surface area contributed by atoms with Gasteiger partial charge in [0.15, 0.2) is 11.6 Å². The molecule has 8 heteroatoms. The number of nitrogens with one attached hydrogen (secondary N) is 1. The van der Waals surface area contributed by atoms with Crippen molar-refractivity contribution in [2.24, 2.45) is 0 Å². The summed E-state index contributed by atoms with van der Waals surface area (Å²) >= 11 is 6.06. The molecule has 0 aliphatic carbocycles. The van der Waals surface area contributed by atoms with Gasteiger partial charge in [-0.3, -0.25) is 4.79 Å². The number of aromatic nitrogens is 3. The van der Waals surface area contributed by atoms with Gasteiger partial charge < -0.3 is 10.1 Å². The quantitative estimate of drug-likeness (QED) is 0.756. The zero-order valence-electron chi connectivity index (χ0n) is 13.2. The molecule has 0 bridgehead atoms. The Morgan fingerprint density at radius 3 is 2.92 bits per heavy atom. The van der Waals surface area contributed by atoms with Crippen LogP contribution >= 0.6 is 11.6 Å². The largest absolute Gasteiger partial charge is 0.380 e. The zero-order chi connectivity index (χ0) is 17.8. The Bertz CT molecular complexity index is 913. The molecule has 0 fully saturated rings. The number of benzene rings is 1. The lowest BCUT2D eigenvalue weighted by Gasteiger charge is -2.06. The first kappa shape index (κ1) is 17.1. The minimum Gasteiger partial charge on any atom is -0.380 e. The fourth-order valence-electron chi connectivity index (χ4n) is 2.20. The molecular weight excluding hydrogens is 347 g/mol. The summed E-state index contributed by atoms with van der Waals surface area (Å²) in [4.78, 5) is 16.4. The van der Waals surface area contributed by atoms with Crippen molar-refractivity contribution in [3.8, 4) is 5.82 Å². The molecule has 2 aromatic heterocycles. The van der Waals surface area contributed by atoms with Crippen LogP contribution in [0.5, 0.6) is 0 Å². The summed E-state index contributed by atoms with van der Waals surface area (Å²) < 4.78 is 20.2. The zero-order valence-corrected chi connectivity index (χ0v) is 14.0. The van der Waals surface area contributed by atoms with E-state index >= 15 is 0 Å². The molecule has 0 saturated heterocycles. The van der Waals surface area contributed by atoms with Crippen molar-refractivity contribution in [3.63, 3.8) is 0 Å². The van der Waals surface area contributed by atoms with Crippen molar-refractivity contribution < 1.29 is 13.9 Å². The second-order valence-corrected chi connectivity index (χ2v) is 5.55. The summed E-state index contributed by atoms with van der Waals surface area (Å²) in [6.45, 7) is 0.142. The Morgan fingerprint density at radius 2 is 2.20 bits per heavy atom. The highest BCUT2D eigenvalue weighted by molar-refractivity contribution is 6.32. The predicted molar refractivity (Wildman–Crippen MR) is 91.4 cm³/mol. The summed E-state index contributed by atoms with van der Waals surface area (Å²) in [6, 6.07) is 9.20. The van der Waals surface area contributed by atoms with Crippen LogP contribution in [0.2, 0.25) is 5.02 Å². The van der Waals surface area contributed by atoms with Crippen molar-refractivity contribution in [2.45, 2.75) is 6.61 Å². The number of hydrogen-bond acceptors (Lipinski definition) is 4. The van der Waals surface area contributed by atoms with Crippen LogP contribution in [0.4, 0.5) is 10.2 Å². The van der Waals surface area contributed by atoms with Gasteiger partial charge in [0, 0.05) is 36.7 Å². The predicted octanol–water partition coefficient (Wildman–Crippen LogP) is 3.46. The van der Waals surface area contributed by atoms with E-state index in [0.717, 1.165) is 6.07 Å². The van der Waals surface area contributed by atoms with E-state index in [1.165, 1.54) is 23.9 Å². The summed E-state index contributed by atoms with van der Waals surface area (Å²) in [6.07, 6.45) is 3.21. The molecule has 0 radical (unpaired) electrons. The molecule has 0 aliphatic heterocycles. The van der Waals surface area contributed by atoms with Crippen LogP contribution in [0, 0.1) is 5.82 Å². The van der Waals surface area contributed by atoms with E-state index in [2.05, 4.69) is 15.4 Å². The maximum Gasteiger partial charge on any atom is 0.256 e. The molecule has 2 heterocycles. The number of ether oxygens (including phenoxy) is 1. The lowest BCUT2D eigenvalue weighted by Crippen LogP contribution is -2.13. The van der Waals surface area contributed by atoms with Gasteiger partial charge in [0.05, 0.1) is 11.6 Å². The van der Waals surface area contributed by atoms with Crippen LogP contribution in [0.15, 0.2) is 48.8 Å². The number of amides is 1. The van der Waals surface area contributed by atoms with Gasteiger partial charge in [0.1, 0.15) is 5.82 Å². The van der Waals surface area contributed by atoms with Crippen LogP contribution in [0.1, 0.15) is 15.9 Å². The van der Waals surface area contributed by atoms with Gasteiger partial charge in [0.2, 0.25) is 0 Å². The average Bonchev–Trinajstić information content (AvgIpc) is 3.05. The van der Waals surface area contributed by atoms with E-state index in [9.17, 15) is 9.18 Å². The fourth-order valence-corrected chi connectivity index (χ4v) is 2.41. The van der Waals surface area contributed by atoms with Crippen molar-refractivity contribution in [1.29, 1.82) is 0 Å². The average molecular weight is 361 g/mol. The Balaban J connectivity index is 1.76. The first-order valence-electron chi connectivity index (χ1n) is 7.34. The topological polar surface area (TPSA) is 69.0 Å². The highest BCUT2D eigenvalue weighted by Crippen LogP contribution is 2.18. The maximum absolute atomic E-state index is 13.9. The third-order valence-electron chi connectivity index (χ3n) is 3.40. The number of pyridine rings is 1. The fraction of sp³-hybridized carbons (Fsp3) is 0.118. The van der Waals surface area contributed by atoms with Crippen LogP contribution in [-0.2, 0) is 11.3 Å². The molecule has 6 nitrogen and oxygen atoms in total. The van der Waals surface area contributed by atoms with Crippen LogP contribution in [-0.4, -0.2) is 27.8 Å². The number of carbonyl (C=O) groups is 1. The van der Waals surface area contributed by atoms with E-state index in [4.69, 9.17) is 16.3 Å². The number of carbonyl (C=O) groups excluding carboxylic acids is 1. The van der Waals surface area contributed by atoms with Crippen molar-refractivity contribution in [3.05, 3.63) is 70.8 Å². The molecule has 3 aromatic rings. The molecule has 0 spiro atoms. The number of anilines is 1. The number of hydrogen-bond donors (Lipinski definition) is 1. The second-order valence-electron chi connectivity index (χ2n) is 5.15. The van der Waals surface area contributed by atoms with E-state index in [1.807, 2.05) is 0 Å². The third kappa shape index (κ3) is 3.84. The molecule has 0 aliphatic rings. The lowest BCUT2D eigenvalue weighted by molar-refractivity contribution is 0.102. The van der Waals surface area contributed by atoms with Gasteiger partial charge in [-0.15, -0.1) is 5.10 Å². The van der Waals surface area contributed by atoms with Crippen LogP contribution in [0.25, 0.3) is 5.82 Å². The van der Waals surface area contributed by atoms with Gasteiger partial charge in [-0.2, -0.15) is 0 Å². The molecule has 128 valence electrons. The molecular formula is C17H14ClFN4O2. The monoisotopic (exact) mass is 360 g/mol. The number of halogens is 2. The van der Waals surface area contributed by atoms with Gasteiger partial charge in [-0.05, 0) is 24.3 Å². The normalized spacial score (nSPS) is 10.7. The minimum atomic E-state index is -0.500. The first-order chi connectivity index (χ1) is 12.1. The molecule has 1 aromatic carbocycles. The van der Waals surface area contributed by atoms with Gasteiger partial charge in [-0.1, -0.05) is 17.7 Å². The smallest absolute Gasteiger partial charge is 0.256 e. The van der Waals surface area contributed by atoms with E-state index in [-0.39, 0.29) is 12.2 Å². The van der Waals surface area contributed by atoms with Crippen LogP contribution in [0.3, 0.4) is 0 Å². The first-order valence-corrected chi connectivity index (χ1v) is 7.71. The Hall–Kier alpha value is -2.77. The van der Waals surface area contributed by atoms with E-state index < -0.39 is 11.7 Å². The third-order valence-corrected chi connectivity index (χ3v) is 3.70. The molecule has 0 unspecified atom stereocenters. The SMILES string of the molecule is COCc1ccc(C(=O)Nc2ccn(-c3ncccc3Cl)n2)cc1F. The molecule has 25 heavy (non-hydrogen) atoms. The maximum atomic E-state index is 13.9. The molecule has 0 atom stereocenters. The lowest BCUT2D eigenvalue weighted by atomic mass is 10.1. The van der Waals surface area contributed by atoms with Gasteiger partial charge >= 0.3 is 0 Å². The summed E-state index contributed by atoms with van der Waals surface area (Å²) in [5, 5.41) is 7.24. The van der Waals surface area contributed by atoms with Gasteiger partial charge in [0.25, 0.3) is 5.91 Å².